The van der Waals surface area contributed by atoms with Crippen molar-refractivity contribution in [3.8, 4) is 0 Å². The molecule has 138 valence electrons. The molecule has 26 heavy (non-hydrogen) atoms. The summed E-state index contributed by atoms with van der Waals surface area (Å²) >= 11 is 0. The van der Waals surface area contributed by atoms with E-state index in [0.717, 1.165) is 56.1 Å². The molecule has 0 amide bonds. The van der Waals surface area contributed by atoms with Crippen molar-refractivity contribution >= 4 is 5.82 Å². The van der Waals surface area contributed by atoms with E-state index in [4.69, 9.17) is 4.74 Å². The van der Waals surface area contributed by atoms with Crippen molar-refractivity contribution in [2.45, 2.75) is 57.3 Å². The molecule has 1 saturated heterocycles. The lowest BCUT2D eigenvalue weighted by molar-refractivity contribution is 0.0250. The van der Waals surface area contributed by atoms with Gasteiger partial charge in [0.25, 0.3) is 0 Å². The van der Waals surface area contributed by atoms with Gasteiger partial charge in [-0.2, -0.15) is 0 Å². The van der Waals surface area contributed by atoms with Crippen molar-refractivity contribution in [1.82, 2.24) is 9.97 Å². The molecule has 1 aliphatic carbocycles. The molecule has 0 spiro atoms. The zero-order valence-corrected chi connectivity index (χ0v) is 15.3. The number of ether oxygens (including phenoxy) is 1. The highest BCUT2D eigenvalue weighted by atomic mass is 16.5. The number of piperidine rings is 1. The van der Waals surface area contributed by atoms with Crippen LogP contribution in [0.2, 0.25) is 0 Å². The molecule has 5 nitrogen and oxygen atoms in total. The Bertz CT molecular complexity index is 723. The van der Waals surface area contributed by atoms with Crippen molar-refractivity contribution in [2.75, 3.05) is 18.0 Å². The van der Waals surface area contributed by atoms with E-state index in [9.17, 15) is 5.11 Å². The van der Waals surface area contributed by atoms with Gasteiger partial charge in [0.1, 0.15) is 11.6 Å². The fourth-order valence-corrected chi connectivity index (χ4v) is 3.81. The van der Waals surface area contributed by atoms with Crippen LogP contribution in [0.4, 0.5) is 5.82 Å². The Labute approximate surface area is 155 Å². The average molecular weight is 353 g/mol. The van der Waals surface area contributed by atoms with Crippen molar-refractivity contribution in [2.24, 2.45) is 0 Å². The van der Waals surface area contributed by atoms with Crippen LogP contribution >= 0.6 is 0 Å². The number of benzene rings is 1. The standard InChI is InChI=1S/C21H27N3O2/c1-15-22-20(17-11-18(25)12-17)13-21(23-15)24-9-7-19(8-10-24)26-14-16-5-3-2-4-6-16/h2-6,13,17-19,25H,7-12,14H2,1H3. The summed E-state index contributed by atoms with van der Waals surface area (Å²) < 4.78 is 6.09. The summed E-state index contributed by atoms with van der Waals surface area (Å²) in [4.78, 5) is 11.6. The molecule has 1 saturated carbocycles. The van der Waals surface area contributed by atoms with Gasteiger partial charge in [0.2, 0.25) is 0 Å². The summed E-state index contributed by atoms with van der Waals surface area (Å²) in [6.45, 7) is 4.56. The van der Waals surface area contributed by atoms with Gasteiger partial charge in [-0.25, -0.2) is 9.97 Å². The van der Waals surface area contributed by atoms with E-state index in [1.165, 1.54) is 5.56 Å². The predicted molar refractivity (Wildman–Crippen MR) is 101 cm³/mol. The van der Waals surface area contributed by atoms with E-state index in [1.807, 2.05) is 13.0 Å². The van der Waals surface area contributed by atoms with Crippen LogP contribution in [0.3, 0.4) is 0 Å². The Morgan fingerprint density at radius 1 is 1.12 bits per heavy atom. The largest absolute Gasteiger partial charge is 0.393 e. The average Bonchev–Trinajstić information content (AvgIpc) is 2.64. The maximum absolute atomic E-state index is 9.56. The fourth-order valence-electron chi connectivity index (χ4n) is 3.81. The molecular weight excluding hydrogens is 326 g/mol. The smallest absolute Gasteiger partial charge is 0.132 e. The SMILES string of the molecule is Cc1nc(C2CC(O)C2)cc(N2CCC(OCc3ccccc3)CC2)n1. The quantitative estimate of drug-likeness (QED) is 0.894. The highest BCUT2D eigenvalue weighted by Gasteiger charge is 2.31. The van der Waals surface area contributed by atoms with Gasteiger partial charge in [-0.1, -0.05) is 30.3 Å². The summed E-state index contributed by atoms with van der Waals surface area (Å²) in [5, 5.41) is 9.56. The summed E-state index contributed by atoms with van der Waals surface area (Å²) in [5.41, 5.74) is 2.31. The van der Waals surface area contributed by atoms with Crippen LogP contribution in [0.15, 0.2) is 36.4 Å². The van der Waals surface area contributed by atoms with Crippen molar-refractivity contribution in [1.29, 1.82) is 0 Å². The molecule has 0 atom stereocenters. The first-order valence-corrected chi connectivity index (χ1v) is 9.61. The molecule has 1 aliphatic heterocycles. The van der Waals surface area contributed by atoms with Crippen molar-refractivity contribution < 1.29 is 9.84 Å². The minimum absolute atomic E-state index is 0.156. The van der Waals surface area contributed by atoms with Crippen LogP contribution in [-0.4, -0.2) is 40.4 Å². The zero-order chi connectivity index (χ0) is 17.9. The number of anilines is 1. The third-order valence-electron chi connectivity index (χ3n) is 5.47. The lowest BCUT2D eigenvalue weighted by atomic mass is 9.80. The molecule has 2 heterocycles. The molecule has 5 heteroatoms. The van der Waals surface area contributed by atoms with E-state index >= 15 is 0 Å². The van der Waals surface area contributed by atoms with Gasteiger partial charge in [0.05, 0.1) is 18.8 Å². The first kappa shape index (κ1) is 17.4. The minimum Gasteiger partial charge on any atom is -0.393 e. The molecule has 2 aliphatic rings. The Morgan fingerprint density at radius 2 is 1.85 bits per heavy atom. The monoisotopic (exact) mass is 353 g/mol. The van der Waals surface area contributed by atoms with E-state index in [1.54, 1.807) is 0 Å². The second kappa shape index (κ2) is 7.72. The number of hydrogen-bond donors (Lipinski definition) is 1. The van der Waals surface area contributed by atoms with Crippen molar-refractivity contribution in [3.63, 3.8) is 0 Å². The second-order valence-corrected chi connectivity index (χ2v) is 7.50. The number of aliphatic hydroxyl groups is 1. The van der Waals surface area contributed by atoms with E-state index in [-0.39, 0.29) is 6.10 Å². The normalized spacial score (nSPS) is 23.7. The number of nitrogens with zero attached hydrogens (tertiary/aromatic N) is 3. The second-order valence-electron chi connectivity index (χ2n) is 7.50. The van der Waals surface area contributed by atoms with E-state index in [2.05, 4.69) is 45.2 Å². The molecule has 1 aromatic carbocycles. The Hall–Kier alpha value is -1.98. The summed E-state index contributed by atoms with van der Waals surface area (Å²) in [6, 6.07) is 12.5. The Kier molecular flexibility index (Phi) is 5.18. The van der Waals surface area contributed by atoms with Crippen LogP contribution in [0.5, 0.6) is 0 Å². The van der Waals surface area contributed by atoms with E-state index < -0.39 is 0 Å². The van der Waals surface area contributed by atoms with Crippen LogP contribution in [-0.2, 0) is 11.3 Å². The molecular formula is C21H27N3O2. The first-order chi connectivity index (χ1) is 12.7. The topological polar surface area (TPSA) is 58.5 Å². The number of aliphatic hydroxyl groups excluding tert-OH is 1. The molecule has 0 bridgehead atoms. The van der Waals surface area contributed by atoms with Crippen LogP contribution in [0, 0.1) is 6.92 Å². The highest BCUT2D eigenvalue weighted by Crippen LogP contribution is 2.37. The summed E-state index contributed by atoms with van der Waals surface area (Å²) in [5.74, 6) is 2.23. The molecule has 2 aromatic rings. The number of hydrogen-bond acceptors (Lipinski definition) is 5. The first-order valence-electron chi connectivity index (χ1n) is 9.61. The van der Waals surface area contributed by atoms with Gasteiger partial charge in [0, 0.05) is 30.8 Å². The maximum Gasteiger partial charge on any atom is 0.132 e. The third-order valence-corrected chi connectivity index (χ3v) is 5.47. The molecule has 2 fully saturated rings. The van der Waals surface area contributed by atoms with Gasteiger partial charge in [-0.05, 0) is 38.2 Å². The summed E-state index contributed by atoms with van der Waals surface area (Å²) in [7, 11) is 0. The highest BCUT2D eigenvalue weighted by molar-refractivity contribution is 5.41. The number of aryl methyl sites for hydroxylation is 1. The van der Waals surface area contributed by atoms with Crippen LogP contribution in [0.25, 0.3) is 0 Å². The van der Waals surface area contributed by atoms with Gasteiger partial charge in [0.15, 0.2) is 0 Å². The third kappa shape index (κ3) is 4.05. The van der Waals surface area contributed by atoms with Gasteiger partial charge < -0.3 is 14.7 Å². The Morgan fingerprint density at radius 3 is 2.54 bits per heavy atom. The molecule has 0 unspecified atom stereocenters. The maximum atomic E-state index is 9.56. The van der Waals surface area contributed by atoms with Crippen LogP contribution in [0.1, 0.15) is 48.7 Å². The van der Waals surface area contributed by atoms with Crippen molar-refractivity contribution in [3.05, 3.63) is 53.5 Å². The minimum atomic E-state index is -0.156. The van der Waals surface area contributed by atoms with Gasteiger partial charge in [-0.15, -0.1) is 0 Å². The van der Waals surface area contributed by atoms with Crippen LogP contribution < -0.4 is 4.90 Å². The number of rotatable bonds is 5. The fraction of sp³-hybridized carbons (Fsp3) is 0.524. The summed E-state index contributed by atoms with van der Waals surface area (Å²) in [6.07, 6.45) is 3.85. The van der Waals surface area contributed by atoms with Gasteiger partial charge in [-0.3, -0.25) is 0 Å². The predicted octanol–water partition coefficient (Wildman–Crippen LogP) is 3.21. The van der Waals surface area contributed by atoms with Gasteiger partial charge >= 0.3 is 0 Å². The molecule has 4 rings (SSSR count). The molecule has 1 N–H and O–H groups in total. The molecule has 1 aromatic heterocycles. The lowest BCUT2D eigenvalue weighted by Crippen LogP contribution is -2.38. The zero-order valence-electron chi connectivity index (χ0n) is 15.3. The molecule has 0 radical (unpaired) electrons. The lowest BCUT2D eigenvalue weighted by Gasteiger charge is -2.34. The number of aromatic nitrogens is 2. The Balaban J connectivity index is 1.33. The van der Waals surface area contributed by atoms with E-state index in [0.29, 0.717) is 18.6 Å².